The molecule has 5 heteroatoms. The predicted molar refractivity (Wildman–Crippen MR) is 59.9 cm³/mol. The van der Waals surface area contributed by atoms with Crippen LogP contribution >= 0.6 is 11.6 Å². The molecule has 2 fully saturated rings. The molecule has 0 saturated carbocycles. The van der Waals surface area contributed by atoms with Crippen molar-refractivity contribution in [1.29, 1.82) is 0 Å². The lowest BCUT2D eigenvalue weighted by molar-refractivity contribution is 0.0482. The second-order valence-corrected chi connectivity index (χ2v) is 7.32. The number of alkyl halides is 1. The van der Waals surface area contributed by atoms with Crippen molar-refractivity contribution in [3.8, 4) is 0 Å². The van der Waals surface area contributed by atoms with E-state index in [4.69, 9.17) is 16.3 Å². The van der Waals surface area contributed by atoms with Gasteiger partial charge in [-0.2, -0.15) is 0 Å². The molecule has 2 aliphatic heterocycles. The average Bonchev–Trinajstić information content (AvgIpc) is 2.59. The van der Waals surface area contributed by atoms with E-state index in [1.807, 2.05) is 0 Å². The summed E-state index contributed by atoms with van der Waals surface area (Å²) >= 11 is 6.35. The highest BCUT2D eigenvalue weighted by atomic mass is 35.5. The fourth-order valence-corrected chi connectivity index (χ4v) is 4.85. The number of hydrogen-bond acceptors (Lipinski definition) is 3. The highest BCUT2D eigenvalue weighted by Crippen LogP contribution is 2.33. The first-order valence-corrected chi connectivity index (χ1v) is 7.76. The van der Waals surface area contributed by atoms with Gasteiger partial charge in [-0.1, -0.05) is 0 Å². The van der Waals surface area contributed by atoms with Gasteiger partial charge < -0.3 is 4.74 Å². The molecule has 88 valence electrons. The zero-order valence-corrected chi connectivity index (χ0v) is 10.3. The molecular weight excluding hydrogens is 236 g/mol. The molecule has 2 saturated heterocycles. The smallest absolute Gasteiger partial charge is 0.150 e. The van der Waals surface area contributed by atoms with Crippen LogP contribution in [0, 0.1) is 11.8 Å². The maximum atomic E-state index is 11.3. The van der Waals surface area contributed by atoms with Crippen molar-refractivity contribution in [2.45, 2.75) is 24.6 Å². The Morgan fingerprint density at radius 1 is 1.27 bits per heavy atom. The van der Waals surface area contributed by atoms with Crippen LogP contribution in [0.15, 0.2) is 0 Å². The lowest BCUT2D eigenvalue weighted by Gasteiger charge is -2.29. The monoisotopic (exact) mass is 252 g/mol. The highest BCUT2D eigenvalue weighted by molar-refractivity contribution is 7.91. The highest BCUT2D eigenvalue weighted by Gasteiger charge is 2.36. The molecule has 0 aromatic rings. The Balaban J connectivity index is 1.93. The Bertz CT molecular complexity index is 309. The van der Waals surface area contributed by atoms with Crippen LogP contribution in [0.2, 0.25) is 0 Å². The van der Waals surface area contributed by atoms with Gasteiger partial charge in [-0.15, -0.1) is 11.6 Å². The van der Waals surface area contributed by atoms with Crippen LogP contribution in [0.4, 0.5) is 0 Å². The molecule has 2 aliphatic rings. The minimum Gasteiger partial charge on any atom is -0.381 e. The van der Waals surface area contributed by atoms with E-state index >= 15 is 0 Å². The van der Waals surface area contributed by atoms with Crippen molar-refractivity contribution < 1.29 is 13.2 Å². The number of rotatable bonds is 2. The summed E-state index contributed by atoms with van der Waals surface area (Å²) in [6, 6.07) is 0. The van der Waals surface area contributed by atoms with Crippen molar-refractivity contribution in [2.24, 2.45) is 11.8 Å². The minimum atomic E-state index is -2.80. The van der Waals surface area contributed by atoms with Crippen LogP contribution in [0.25, 0.3) is 0 Å². The molecule has 0 N–H and O–H groups in total. The normalized spacial score (nSPS) is 37.7. The molecule has 3 unspecified atom stereocenters. The maximum absolute atomic E-state index is 11.3. The summed E-state index contributed by atoms with van der Waals surface area (Å²) in [5.41, 5.74) is 0. The first kappa shape index (κ1) is 11.7. The van der Waals surface area contributed by atoms with E-state index in [2.05, 4.69) is 0 Å². The number of ether oxygens (including phenoxy) is 1. The molecule has 3 atom stereocenters. The lowest BCUT2D eigenvalue weighted by Crippen LogP contribution is -2.31. The standard InChI is InChI=1S/C10H17ClO3S/c11-10(8-2-1-4-14-6-8)9-3-5-15(12,13)7-9/h8-10H,1-7H2. The largest absolute Gasteiger partial charge is 0.381 e. The van der Waals surface area contributed by atoms with Crippen molar-refractivity contribution in [3.05, 3.63) is 0 Å². The molecular formula is C10H17ClO3S. The van der Waals surface area contributed by atoms with Gasteiger partial charge in [0.2, 0.25) is 0 Å². The molecule has 0 radical (unpaired) electrons. The zero-order chi connectivity index (χ0) is 10.9. The summed E-state index contributed by atoms with van der Waals surface area (Å²) < 4.78 is 28.1. The Labute approximate surface area is 96.1 Å². The minimum absolute atomic E-state index is 0.0254. The fourth-order valence-electron chi connectivity index (χ4n) is 2.48. The Kier molecular flexibility index (Phi) is 3.58. The number of hydrogen-bond donors (Lipinski definition) is 0. The molecule has 0 aromatic carbocycles. The van der Waals surface area contributed by atoms with Crippen molar-refractivity contribution in [2.75, 3.05) is 24.7 Å². The van der Waals surface area contributed by atoms with E-state index in [0.29, 0.717) is 18.3 Å². The summed E-state index contributed by atoms with van der Waals surface area (Å²) in [7, 11) is -2.80. The molecule has 2 rings (SSSR count). The van der Waals surface area contributed by atoms with Gasteiger partial charge in [0.1, 0.15) is 0 Å². The van der Waals surface area contributed by atoms with E-state index in [1.54, 1.807) is 0 Å². The van der Waals surface area contributed by atoms with Gasteiger partial charge >= 0.3 is 0 Å². The summed E-state index contributed by atoms with van der Waals surface area (Å²) in [6.45, 7) is 1.52. The summed E-state index contributed by atoms with van der Waals surface area (Å²) in [6.07, 6.45) is 2.85. The first-order valence-electron chi connectivity index (χ1n) is 5.51. The molecule has 0 aromatic heterocycles. The second kappa shape index (κ2) is 4.60. The van der Waals surface area contributed by atoms with E-state index < -0.39 is 9.84 Å². The van der Waals surface area contributed by atoms with Crippen LogP contribution in [-0.4, -0.2) is 38.5 Å². The van der Waals surface area contributed by atoms with Crippen LogP contribution in [0.1, 0.15) is 19.3 Å². The van der Waals surface area contributed by atoms with Crippen LogP contribution < -0.4 is 0 Å². The Morgan fingerprint density at radius 3 is 2.60 bits per heavy atom. The van der Waals surface area contributed by atoms with Gasteiger partial charge in [0.15, 0.2) is 9.84 Å². The van der Waals surface area contributed by atoms with E-state index in [-0.39, 0.29) is 17.0 Å². The summed E-state index contributed by atoms with van der Waals surface area (Å²) in [5, 5.41) is -0.0254. The molecule has 3 nitrogen and oxygen atoms in total. The number of halogens is 1. The van der Waals surface area contributed by atoms with E-state index in [9.17, 15) is 8.42 Å². The van der Waals surface area contributed by atoms with Gasteiger partial charge in [0.25, 0.3) is 0 Å². The van der Waals surface area contributed by atoms with Gasteiger partial charge in [-0.25, -0.2) is 8.42 Å². The third kappa shape index (κ3) is 2.86. The van der Waals surface area contributed by atoms with Crippen molar-refractivity contribution >= 4 is 21.4 Å². The fraction of sp³-hybridized carbons (Fsp3) is 1.00. The lowest BCUT2D eigenvalue weighted by atomic mass is 9.89. The zero-order valence-electron chi connectivity index (χ0n) is 8.69. The topological polar surface area (TPSA) is 43.4 Å². The first-order chi connectivity index (χ1) is 7.08. The third-order valence-corrected chi connectivity index (χ3v) is 5.87. The number of sulfone groups is 1. The third-order valence-electron chi connectivity index (χ3n) is 3.36. The quantitative estimate of drug-likeness (QED) is 0.699. The molecule has 0 amide bonds. The molecule has 15 heavy (non-hydrogen) atoms. The van der Waals surface area contributed by atoms with Gasteiger partial charge in [-0.3, -0.25) is 0 Å². The van der Waals surface area contributed by atoms with Gasteiger partial charge in [0.05, 0.1) is 18.1 Å². The molecule has 0 aliphatic carbocycles. The summed E-state index contributed by atoms with van der Waals surface area (Å²) in [5.74, 6) is 1.08. The molecule has 0 spiro atoms. The Hall–Kier alpha value is 0.200. The van der Waals surface area contributed by atoms with Crippen molar-refractivity contribution in [3.63, 3.8) is 0 Å². The van der Waals surface area contributed by atoms with E-state index in [0.717, 1.165) is 25.9 Å². The van der Waals surface area contributed by atoms with Crippen LogP contribution in [0.5, 0.6) is 0 Å². The van der Waals surface area contributed by atoms with Gasteiger partial charge in [-0.05, 0) is 31.1 Å². The van der Waals surface area contributed by atoms with Gasteiger partial charge in [0, 0.05) is 12.0 Å². The second-order valence-electron chi connectivity index (χ2n) is 4.58. The average molecular weight is 253 g/mol. The SMILES string of the molecule is O=S1(=O)CCC(C(Cl)C2CCCOC2)C1. The maximum Gasteiger partial charge on any atom is 0.150 e. The molecule has 2 heterocycles. The van der Waals surface area contributed by atoms with Crippen LogP contribution in [0.3, 0.4) is 0 Å². The molecule has 0 bridgehead atoms. The predicted octanol–water partition coefficient (Wildman–Crippen LogP) is 1.46. The van der Waals surface area contributed by atoms with Crippen LogP contribution in [-0.2, 0) is 14.6 Å². The van der Waals surface area contributed by atoms with E-state index in [1.165, 1.54) is 0 Å². The summed E-state index contributed by atoms with van der Waals surface area (Å²) in [4.78, 5) is 0. The van der Waals surface area contributed by atoms with Crippen molar-refractivity contribution in [1.82, 2.24) is 0 Å². The Morgan fingerprint density at radius 2 is 2.07 bits per heavy atom.